The summed E-state index contributed by atoms with van der Waals surface area (Å²) in [6.07, 6.45) is 0. The van der Waals surface area contributed by atoms with Crippen LogP contribution in [0.15, 0.2) is 18.2 Å². The van der Waals surface area contributed by atoms with E-state index in [0.29, 0.717) is 0 Å². The zero-order valence-electron chi connectivity index (χ0n) is 12.9. The van der Waals surface area contributed by atoms with Gasteiger partial charge in [0.2, 0.25) is 0 Å². The van der Waals surface area contributed by atoms with Crippen molar-refractivity contribution in [2.75, 3.05) is 7.11 Å². The van der Waals surface area contributed by atoms with Crippen molar-refractivity contribution >= 4 is 11.9 Å². The van der Waals surface area contributed by atoms with E-state index >= 15 is 0 Å². The van der Waals surface area contributed by atoms with Crippen LogP contribution in [-0.2, 0) is 9.53 Å². The second kappa shape index (κ2) is 6.47. The molecule has 0 bridgehead atoms. The van der Waals surface area contributed by atoms with Crippen LogP contribution in [0.1, 0.15) is 38.1 Å². The van der Waals surface area contributed by atoms with E-state index in [0.717, 1.165) is 0 Å². The van der Waals surface area contributed by atoms with Gasteiger partial charge >= 0.3 is 5.97 Å². The molecule has 6 heteroatoms. The first kappa shape index (κ1) is 16.8. The van der Waals surface area contributed by atoms with Gasteiger partial charge in [0.05, 0.1) is 7.11 Å². The number of nitrogens with one attached hydrogen (secondary N) is 1. The summed E-state index contributed by atoms with van der Waals surface area (Å²) in [5.74, 6) is -0.873. The number of methoxy groups -OCH3 is 1. The van der Waals surface area contributed by atoms with Gasteiger partial charge in [-0.3, -0.25) is 4.79 Å². The molecule has 0 aliphatic heterocycles. The van der Waals surface area contributed by atoms with Gasteiger partial charge in [0.1, 0.15) is 11.6 Å². The second-order valence-corrected chi connectivity index (χ2v) is 5.62. The number of benzene rings is 1. The van der Waals surface area contributed by atoms with Gasteiger partial charge in [-0.2, -0.15) is 0 Å². The van der Waals surface area contributed by atoms with Gasteiger partial charge in [-0.25, -0.2) is 4.79 Å². The third-order valence-electron chi connectivity index (χ3n) is 2.55. The van der Waals surface area contributed by atoms with E-state index in [9.17, 15) is 14.7 Å². The maximum Gasteiger partial charge on any atom is 0.328 e. The number of esters is 1. The van der Waals surface area contributed by atoms with Crippen molar-refractivity contribution in [1.82, 2.24) is 5.32 Å². The van der Waals surface area contributed by atoms with Crippen LogP contribution in [0, 0.1) is 0 Å². The number of carbonyl (C=O) groups excluding carboxylic acids is 2. The molecule has 1 atom stereocenters. The summed E-state index contributed by atoms with van der Waals surface area (Å²) in [4.78, 5) is 23.8. The van der Waals surface area contributed by atoms with E-state index in [-0.39, 0.29) is 17.1 Å². The van der Waals surface area contributed by atoms with Crippen LogP contribution in [0.3, 0.4) is 0 Å². The lowest BCUT2D eigenvalue weighted by molar-refractivity contribution is -0.156. The molecule has 0 unspecified atom stereocenters. The molecule has 21 heavy (non-hydrogen) atoms. The fourth-order valence-corrected chi connectivity index (χ4v) is 1.56. The molecule has 1 aromatic carbocycles. The summed E-state index contributed by atoms with van der Waals surface area (Å²) in [6, 6.07) is 3.45. The molecular formula is C15H21NO5. The molecule has 0 spiro atoms. The Morgan fingerprint density at radius 3 is 2.38 bits per heavy atom. The highest BCUT2D eigenvalue weighted by Gasteiger charge is 2.23. The number of carbonyl (C=O) groups is 2. The van der Waals surface area contributed by atoms with E-state index in [4.69, 9.17) is 9.47 Å². The Labute approximate surface area is 124 Å². The zero-order valence-corrected chi connectivity index (χ0v) is 12.9. The maximum atomic E-state index is 12.0. The number of phenols is 1. The van der Waals surface area contributed by atoms with Crippen LogP contribution in [-0.4, -0.2) is 35.7 Å². The van der Waals surface area contributed by atoms with Crippen LogP contribution in [0.4, 0.5) is 0 Å². The van der Waals surface area contributed by atoms with Gasteiger partial charge in [0.25, 0.3) is 5.91 Å². The molecule has 6 nitrogen and oxygen atoms in total. The van der Waals surface area contributed by atoms with E-state index in [1.54, 1.807) is 20.8 Å². The van der Waals surface area contributed by atoms with Gasteiger partial charge in [-0.15, -0.1) is 0 Å². The minimum Gasteiger partial charge on any atom is -0.504 e. The first-order chi connectivity index (χ1) is 9.64. The monoisotopic (exact) mass is 295 g/mol. The van der Waals surface area contributed by atoms with Crippen molar-refractivity contribution in [3.05, 3.63) is 23.8 Å². The Kier molecular flexibility index (Phi) is 5.18. The largest absolute Gasteiger partial charge is 0.504 e. The number of hydrogen-bond donors (Lipinski definition) is 2. The van der Waals surface area contributed by atoms with Crippen molar-refractivity contribution in [1.29, 1.82) is 0 Å². The predicted molar refractivity (Wildman–Crippen MR) is 77.4 cm³/mol. The molecule has 0 fully saturated rings. The Bertz CT molecular complexity index is 533. The molecular weight excluding hydrogens is 274 g/mol. The highest BCUT2D eigenvalue weighted by molar-refractivity contribution is 5.97. The topological polar surface area (TPSA) is 84.9 Å². The molecule has 0 aromatic heterocycles. The summed E-state index contributed by atoms with van der Waals surface area (Å²) >= 11 is 0. The van der Waals surface area contributed by atoms with Crippen LogP contribution >= 0.6 is 0 Å². The summed E-state index contributed by atoms with van der Waals surface area (Å²) in [6.45, 7) is 6.79. The highest BCUT2D eigenvalue weighted by Crippen LogP contribution is 2.26. The number of aromatic hydroxyl groups is 1. The van der Waals surface area contributed by atoms with Gasteiger partial charge in [-0.05, 0) is 45.9 Å². The molecule has 1 aromatic rings. The van der Waals surface area contributed by atoms with Crippen molar-refractivity contribution in [2.24, 2.45) is 0 Å². The third kappa shape index (κ3) is 4.98. The Morgan fingerprint density at radius 2 is 1.90 bits per heavy atom. The number of phenolic OH excluding ortho intramolecular Hbond substituents is 1. The molecule has 1 amide bonds. The van der Waals surface area contributed by atoms with E-state index in [1.807, 2.05) is 0 Å². The summed E-state index contributed by atoms with van der Waals surface area (Å²) < 4.78 is 10.1. The number of rotatable bonds is 4. The lowest BCUT2D eigenvalue weighted by atomic mass is 10.1. The molecule has 0 aliphatic rings. The molecule has 116 valence electrons. The van der Waals surface area contributed by atoms with Crippen molar-refractivity contribution in [2.45, 2.75) is 39.3 Å². The van der Waals surface area contributed by atoms with Crippen molar-refractivity contribution < 1.29 is 24.2 Å². The molecule has 2 N–H and O–H groups in total. The minimum absolute atomic E-state index is 0.143. The van der Waals surface area contributed by atoms with Gasteiger partial charge in [-0.1, -0.05) is 0 Å². The molecule has 0 heterocycles. The lowest BCUT2D eigenvalue weighted by Gasteiger charge is -2.22. The van der Waals surface area contributed by atoms with E-state index in [2.05, 4.69) is 5.32 Å². The van der Waals surface area contributed by atoms with E-state index < -0.39 is 23.5 Å². The fraction of sp³-hybridized carbons (Fsp3) is 0.467. The molecule has 0 saturated heterocycles. The number of hydrogen-bond acceptors (Lipinski definition) is 5. The van der Waals surface area contributed by atoms with Crippen molar-refractivity contribution in [3.8, 4) is 11.5 Å². The van der Waals surface area contributed by atoms with Gasteiger partial charge < -0.3 is 19.9 Å². The summed E-state index contributed by atoms with van der Waals surface area (Å²) in [5, 5.41) is 12.2. The smallest absolute Gasteiger partial charge is 0.328 e. The third-order valence-corrected chi connectivity index (χ3v) is 2.55. The standard InChI is InChI=1S/C15H21NO5/c1-9(14(19)21-15(2,3)4)16-13(18)10-6-7-12(20-5)11(17)8-10/h6-9,17H,1-5H3,(H,16,18)/t9-/m0/s1. The Balaban J connectivity index is 2.72. The number of ether oxygens (including phenoxy) is 2. The number of amides is 1. The Morgan fingerprint density at radius 1 is 1.29 bits per heavy atom. The van der Waals surface area contributed by atoms with Crippen molar-refractivity contribution in [3.63, 3.8) is 0 Å². The second-order valence-electron chi connectivity index (χ2n) is 5.62. The molecule has 0 aliphatic carbocycles. The lowest BCUT2D eigenvalue weighted by Crippen LogP contribution is -2.42. The van der Waals surface area contributed by atoms with Crippen LogP contribution in [0.5, 0.6) is 11.5 Å². The molecule has 0 radical (unpaired) electrons. The van der Waals surface area contributed by atoms with Crippen LogP contribution in [0.25, 0.3) is 0 Å². The zero-order chi connectivity index (χ0) is 16.2. The van der Waals surface area contributed by atoms with Gasteiger partial charge in [0.15, 0.2) is 11.5 Å². The van der Waals surface area contributed by atoms with Crippen LogP contribution in [0.2, 0.25) is 0 Å². The fourth-order valence-electron chi connectivity index (χ4n) is 1.56. The SMILES string of the molecule is COc1ccc(C(=O)N[C@@H](C)C(=O)OC(C)(C)C)cc1O. The maximum absolute atomic E-state index is 12.0. The summed E-state index contributed by atoms with van der Waals surface area (Å²) in [7, 11) is 1.42. The first-order valence-electron chi connectivity index (χ1n) is 6.55. The minimum atomic E-state index is -0.791. The van der Waals surface area contributed by atoms with Crippen LogP contribution < -0.4 is 10.1 Å². The van der Waals surface area contributed by atoms with Gasteiger partial charge in [0, 0.05) is 5.56 Å². The molecule has 0 saturated carbocycles. The quantitative estimate of drug-likeness (QED) is 0.828. The average Bonchev–Trinajstić information content (AvgIpc) is 2.36. The first-order valence-corrected chi connectivity index (χ1v) is 6.55. The Hall–Kier alpha value is -2.24. The summed E-state index contributed by atoms with van der Waals surface area (Å²) in [5.41, 5.74) is -0.391. The normalized spacial score (nSPS) is 12.4. The average molecular weight is 295 g/mol. The highest BCUT2D eigenvalue weighted by atomic mass is 16.6. The predicted octanol–water partition coefficient (Wildman–Crippen LogP) is 1.86. The molecule has 1 rings (SSSR count). The van der Waals surface area contributed by atoms with E-state index in [1.165, 1.54) is 32.2 Å².